The zero-order valence-electron chi connectivity index (χ0n) is 9.97. The SMILES string of the molecule is CNCCN(C)C(=O)c1cc(F)c(F)c(F)c1.Cl. The van der Waals surface area contributed by atoms with Crippen LogP contribution < -0.4 is 5.32 Å². The Balaban J connectivity index is 0.00000289. The first-order chi connectivity index (χ1) is 7.97. The second kappa shape index (κ2) is 7.23. The van der Waals surface area contributed by atoms with Crippen molar-refractivity contribution in [2.75, 3.05) is 27.2 Å². The van der Waals surface area contributed by atoms with Gasteiger partial charge in [0.2, 0.25) is 0 Å². The molecule has 102 valence electrons. The summed E-state index contributed by atoms with van der Waals surface area (Å²) in [5.74, 6) is -4.86. The molecule has 1 aromatic carbocycles. The fourth-order valence-corrected chi connectivity index (χ4v) is 1.28. The summed E-state index contributed by atoms with van der Waals surface area (Å²) in [6, 6.07) is 1.38. The van der Waals surface area contributed by atoms with Crippen LogP contribution in [0.3, 0.4) is 0 Å². The first kappa shape index (κ1) is 16.7. The molecule has 0 atom stereocenters. The van der Waals surface area contributed by atoms with Crippen molar-refractivity contribution >= 4 is 18.3 Å². The third-order valence-electron chi connectivity index (χ3n) is 2.27. The average Bonchev–Trinajstić information content (AvgIpc) is 2.31. The molecule has 1 aromatic rings. The van der Waals surface area contributed by atoms with Crippen molar-refractivity contribution in [3.05, 3.63) is 35.1 Å². The van der Waals surface area contributed by atoms with Crippen molar-refractivity contribution in [1.82, 2.24) is 10.2 Å². The van der Waals surface area contributed by atoms with Gasteiger partial charge < -0.3 is 10.2 Å². The second-order valence-corrected chi connectivity index (χ2v) is 3.58. The van der Waals surface area contributed by atoms with Gasteiger partial charge in [0, 0.05) is 25.7 Å². The van der Waals surface area contributed by atoms with Crippen LogP contribution >= 0.6 is 12.4 Å². The Bertz CT molecular complexity index is 406. The molecule has 3 nitrogen and oxygen atoms in total. The Labute approximate surface area is 109 Å². The smallest absolute Gasteiger partial charge is 0.253 e. The Hall–Kier alpha value is -1.27. The molecule has 0 saturated heterocycles. The van der Waals surface area contributed by atoms with Gasteiger partial charge in [0.25, 0.3) is 5.91 Å². The van der Waals surface area contributed by atoms with Crippen LogP contribution in [-0.4, -0.2) is 38.0 Å². The lowest BCUT2D eigenvalue weighted by Crippen LogP contribution is -2.32. The van der Waals surface area contributed by atoms with E-state index in [0.29, 0.717) is 25.2 Å². The van der Waals surface area contributed by atoms with E-state index in [0.717, 1.165) is 0 Å². The minimum absolute atomic E-state index is 0. The van der Waals surface area contributed by atoms with Gasteiger partial charge >= 0.3 is 0 Å². The van der Waals surface area contributed by atoms with Gasteiger partial charge in [-0.05, 0) is 19.2 Å². The van der Waals surface area contributed by atoms with E-state index < -0.39 is 23.4 Å². The minimum atomic E-state index is -1.57. The third-order valence-corrected chi connectivity index (χ3v) is 2.27. The van der Waals surface area contributed by atoms with Gasteiger partial charge in [-0.2, -0.15) is 0 Å². The van der Waals surface area contributed by atoms with E-state index in [1.165, 1.54) is 11.9 Å². The van der Waals surface area contributed by atoms with E-state index in [-0.39, 0.29) is 18.0 Å². The first-order valence-electron chi connectivity index (χ1n) is 5.02. The highest BCUT2D eigenvalue weighted by Gasteiger charge is 2.17. The maximum absolute atomic E-state index is 12.9. The maximum atomic E-state index is 12.9. The lowest BCUT2D eigenvalue weighted by molar-refractivity contribution is 0.0795. The molecule has 0 unspecified atom stereocenters. The van der Waals surface area contributed by atoms with Gasteiger partial charge in [-0.3, -0.25) is 4.79 Å². The van der Waals surface area contributed by atoms with Crippen LogP contribution in [-0.2, 0) is 0 Å². The minimum Gasteiger partial charge on any atom is -0.340 e. The van der Waals surface area contributed by atoms with Crippen LogP contribution in [0.2, 0.25) is 0 Å². The first-order valence-corrected chi connectivity index (χ1v) is 5.02. The summed E-state index contributed by atoms with van der Waals surface area (Å²) in [6.07, 6.45) is 0. The average molecular weight is 283 g/mol. The second-order valence-electron chi connectivity index (χ2n) is 3.58. The van der Waals surface area contributed by atoms with Gasteiger partial charge in [0.1, 0.15) is 0 Å². The Morgan fingerprint density at radius 3 is 2.22 bits per heavy atom. The molecule has 0 spiro atoms. The number of likely N-dealkylation sites (N-methyl/N-ethyl adjacent to an activating group) is 2. The fraction of sp³-hybridized carbons (Fsp3) is 0.364. The number of benzene rings is 1. The number of halogens is 4. The van der Waals surface area contributed by atoms with Crippen LogP contribution in [0.4, 0.5) is 13.2 Å². The molecule has 0 aliphatic heterocycles. The molecule has 0 saturated carbocycles. The van der Waals surface area contributed by atoms with Gasteiger partial charge in [-0.15, -0.1) is 12.4 Å². The predicted molar refractivity (Wildman–Crippen MR) is 64.5 cm³/mol. The topological polar surface area (TPSA) is 32.3 Å². The quantitative estimate of drug-likeness (QED) is 0.855. The van der Waals surface area contributed by atoms with Gasteiger partial charge in [0.15, 0.2) is 17.5 Å². The number of hydrogen-bond acceptors (Lipinski definition) is 2. The van der Waals surface area contributed by atoms with Gasteiger partial charge in [0.05, 0.1) is 0 Å². The summed E-state index contributed by atoms with van der Waals surface area (Å²) in [4.78, 5) is 13.0. The molecule has 18 heavy (non-hydrogen) atoms. The number of hydrogen-bond donors (Lipinski definition) is 1. The highest BCUT2D eigenvalue weighted by atomic mass is 35.5. The van der Waals surface area contributed by atoms with E-state index >= 15 is 0 Å². The molecule has 1 N–H and O–H groups in total. The molecular formula is C11H14ClF3N2O. The van der Waals surface area contributed by atoms with Crippen molar-refractivity contribution < 1.29 is 18.0 Å². The highest BCUT2D eigenvalue weighted by Crippen LogP contribution is 2.14. The van der Waals surface area contributed by atoms with E-state index in [1.54, 1.807) is 7.05 Å². The number of carbonyl (C=O) groups is 1. The Morgan fingerprint density at radius 1 is 1.28 bits per heavy atom. The van der Waals surface area contributed by atoms with E-state index in [2.05, 4.69) is 5.32 Å². The van der Waals surface area contributed by atoms with Crippen molar-refractivity contribution in [2.45, 2.75) is 0 Å². The molecule has 0 aromatic heterocycles. The molecule has 0 fully saturated rings. The molecule has 0 aliphatic rings. The summed E-state index contributed by atoms with van der Waals surface area (Å²) in [7, 11) is 3.22. The highest BCUT2D eigenvalue weighted by molar-refractivity contribution is 5.94. The molecule has 0 aliphatic carbocycles. The lowest BCUT2D eigenvalue weighted by atomic mass is 10.2. The molecule has 0 radical (unpaired) electrons. The standard InChI is InChI=1S/C11H13F3N2O.ClH/c1-15-3-4-16(2)11(17)7-5-8(12)10(14)9(13)6-7;/h5-6,15H,3-4H2,1-2H3;1H. The van der Waals surface area contributed by atoms with Crippen LogP contribution in [0, 0.1) is 17.5 Å². The van der Waals surface area contributed by atoms with Crippen molar-refractivity contribution in [3.8, 4) is 0 Å². The van der Waals surface area contributed by atoms with Crippen LogP contribution in [0.15, 0.2) is 12.1 Å². The number of amides is 1. The normalized spacial score (nSPS) is 9.83. The van der Waals surface area contributed by atoms with Crippen molar-refractivity contribution in [3.63, 3.8) is 0 Å². The van der Waals surface area contributed by atoms with Crippen LogP contribution in [0.5, 0.6) is 0 Å². The third kappa shape index (κ3) is 3.89. The largest absolute Gasteiger partial charge is 0.340 e. The summed E-state index contributed by atoms with van der Waals surface area (Å²) < 4.78 is 38.5. The van der Waals surface area contributed by atoms with Crippen LogP contribution in [0.1, 0.15) is 10.4 Å². The van der Waals surface area contributed by atoms with Crippen molar-refractivity contribution in [2.24, 2.45) is 0 Å². The molecule has 0 heterocycles. The number of rotatable bonds is 4. The molecule has 1 amide bonds. The molecular weight excluding hydrogens is 269 g/mol. The molecule has 0 bridgehead atoms. The zero-order chi connectivity index (χ0) is 13.0. The number of carbonyl (C=O) groups excluding carboxylic acids is 1. The van der Waals surface area contributed by atoms with E-state index in [9.17, 15) is 18.0 Å². The predicted octanol–water partition coefficient (Wildman–Crippen LogP) is 1.82. The van der Waals surface area contributed by atoms with Crippen LogP contribution in [0.25, 0.3) is 0 Å². The summed E-state index contributed by atoms with van der Waals surface area (Å²) in [5, 5.41) is 2.83. The Morgan fingerprint density at radius 2 is 1.78 bits per heavy atom. The van der Waals surface area contributed by atoms with Gasteiger partial charge in [-0.25, -0.2) is 13.2 Å². The Kier molecular flexibility index (Phi) is 6.72. The fourth-order valence-electron chi connectivity index (χ4n) is 1.28. The zero-order valence-corrected chi connectivity index (χ0v) is 10.8. The van der Waals surface area contributed by atoms with Crippen molar-refractivity contribution in [1.29, 1.82) is 0 Å². The van der Waals surface area contributed by atoms with E-state index in [1.807, 2.05) is 0 Å². The summed E-state index contributed by atoms with van der Waals surface area (Å²) in [5.41, 5.74) is -0.208. The van der Waals surface area contributed by atoms with E-state index in [4.69, 9.17) is 0 Å². The molecule has 7 heteroatoms. The maximum Gasteiger partial charge on any atom is 0.253 e. The number of nitrogens with zero attached hydrogens (tertiary/aromatic N) is 1. The number of nitrogens with one attached hydrogen (secondary N) is 1. The summed E-state index contributed by atoms with van der Waals surface area (Å²) >= 11 is 0. The van der Waals surface area contributed by atoms with Gasteiger partial charge in [-0.1, -0.05) is 0 Å². The lowest BCUT2D eigenvalue weighted by Gasteiger charge is -2.17. The summed E-state index contributed by atoms with van der Waals surface area (Å²) in [6.45, 7) is 0.935. The molecule has 1 rings (SSSR count). The monoisotopic (exact) mass is 282 g/mol.